The Morgan fingerprint density at radius 1 is 1.21 bits per heavy atom. The Balaban J connectivity index is 1.71. The lowest BCUT2D eigenvalue weighted by Crippen LogP contribution is -2.34. The van der Waals surface area contributed by atoms with Gasteiger partial charge in [-0.2, -0.15) is 0 Å². The van der Waals surface area contributed by atoms with Crippen molar-refractivity contribution in [3.05, 3.63) is 60.4 Å². The van der Waals surface area contributed by atoms with Crippen molar-refractivity contribution in [1.29, 1.82) is 0 Å². The maximum atomic E-state index is 13.3. The fourth-order valence-electron chi connectivity index (χ4n) is 3.46. The maximum absolute atomic E-state index is 13.3. The summed E-state index contributed by atoms with van der Waals surface area (Å²) in [5.74, 6) is 1.00. The van der Waals surface area contributed by atoms with Crippen LogP contribution < -0.4 is 4.90 Å². The van der Waals surface area contributed by atoms with Gasteiger partial charge < -0.3 is 19.3 Å². The van der Waals surface area contributed by atoms with Crippen molar-refractivity contribution in [2.75, 3.05) is 31.1 Å². The summed E-state index contributed by atoms with van der Waals surface area (Å²) in [4.78, 5) is 30.4. The molecule has 1 aliphatic rings. The van der Waals surface area contributed by atoms with Crippen molar-refractivity contribution >= 4 is 11.9 Å². The molecule has 150 valence electrons. The SMILES string of the molecule is O=C(c1cnc(N2CCCC2)nc1-c1cccnc1)N(CCO)Cc1ccco1. The first kappa shape index (κ1) is 19.1. The number of aliphatic hydroxyl groups excluding tert-OH is 1. The summed E-state index contributed by atoms with van der Waals surface area (Å²) in [6.45, 7) is 2.11. The fraction of sp³-hybridized carbons (Fsp3) is 0.333. The van der Waals surface area contributed by atoms with Crippen molar-refractivity contribution in [2.24, 2.45) is 0 Å². The molecule has 0 aliphatic carbocycles. The van der Waals surface area contributed by atoms with E-state index in [2.05, 4.69) is 14.9 Å². The van der Waals surface area contributed by atoms with Gasteiger partial charge >= 0.3 is 0 Å². The van der Waals surface area contributed by atoms with Crippen LogP contribution in [0.2, 0.25) is 0 Å². The Kier molecular flexibility index (Phi) is 5.81. The zero-order chi connectivity index (χ0) is 20.1. The summed E-state index contributed by atoms with van der Waals surface area (Å²) in [5.41, 5.74) is 1.67. The highest BCUT2D eigenvalue weighted by Gasteiger charge is 2.24. The molecule has 1 aliphatic heterocycles. The molecule has 3 aromatic rings. The summed E-state index contributed by atoms with van der Waals surface area (Å²) < 4.78 is 5.37. The van der Waals surface area contributed by atoms with Crippen LogP contribution in [0, 0.1) is 0 Å². The first-order chi connectivity index (χ1) is 14.3. The average molecular weight is 393 g/mol. The molecule has 1 amide bonds. The van der Waals surface area contributed by atoms with Gasteiger partial charge in [0.05, 0.1) is 30.7 Å². The van der Waals surface area contributed by atoms with Gasteiger partial charge in [-0.1, -0.05) is 0 Å². The summed E-state index contributed by atoms with van der Waals surface area (Å²) >= 11 is 0. The third-order valence-electron chi connectivity index (χ3n) is 4.91. The lowest BCUT2D eigenvalue weighted by molar-refractivity contribution is 0.0695. The Labute approximate surface area is 168 Å². The summed E-state index contributed by atoms with van der Waals surface area (Å²) in [6.07, 6.45) is 8.74. The van der Waals surface area contributed by atoms with Crippen molar-refractivity contribution in [1.82, 2.24) is 19.9 Å². The van der Waals surface area contributed by atoms with Crippen molar-refractivity contribution in [2.45, 2.75) is 19.4 Å². The largest absolute Gasteiger partial charge is 0.467 e. The van der Waals surface area contributed by atoms with Gasteiger partial charge in [-0.25, -0.2) is 9.97 Å². The molecule has 0 spiro atoms. The van der Waals surface area contributed by atoms with E-state index in [0.29, 0.717) is 23.0 Å². The van der Waals surface area contributed by atoms with Crippen LogP contribution in [0.25, 0.3) is 11.3 Å². The second-order valence-corrected chi connectivity index (χ2v) is 6.90. The molecule has 1 fully saturated rings. The molecule has 1 saturated heterocycles. The number of rotatable bonds is 7. The quantitative estimate of drug-likeness (QED) is 0.658. The highest BCUT2D eigenvalue weighted by atomic mass is 16.3. The standard InChI is InChI=1S/C21H23N5O3/c27-11-10-26(15-17-6-4-12-29-17)20(28)18-14-23-21(25-8-1-2-9-25)24-19(18)16-5-3-7-22-13-16/h3-7,12-14,27H,1-2,8-11,15H2. The topological polar surface area (TPSA) is 95.6 Å². The number of hydrogen-bond acceptors (Lipinski definition) is 7. The van der Waals surface area contributed by atoms with E-state index in [0.717, 1.165) is 31.5 Å². The van der Waals surface area contributed by atoms with E-state index in [-0.39, 0.29) is 25.6 Å². The first-order valence-electron chi connectivity index (χ1n) is 9.71. The molecular weight excluding hydrogens is 370 g/mol. The van der Waals surface area contributed by atoms with Crippen LogP contribution in [0.1, 0.15) is 29.0 Å². The van der Waals surface area contributed by atoms with Crippen LogP contribution in [0.15, 0.2) is 53.5 Å². The molecule has 1 N–H and O–H groups in total. The van der Waals surface area contributed by atoms with Gasteiger partial charge in [-0.3, -0.25) is 9.78 Å². The third-order valence-corrected chi connectivity index (χ3v) is 4.91. The normalized spacial score (nSPS) is 13.6. The van der Waals surface area contributed by atoms with Crippen molar-refractivity contribution in [3.8, 4) is 11.3 Å². The highest BCUT2D eigenvalue weighted by Crippen LogP contribution is 2.26. The number of amides is 1. The number of carbonyl (C=O) groups is 1. The molecule has 0 saturated carbocycles. The molecule has 8 heteroatoms. The first-order valence-corrected chi connectivity index (χ1v) is 9.71. The van der Waals surface area contributed by atoms with E-state index in [4.69, 9.17) is 9.40 Å². The molecule has 0 radical (unpaired) electrons. The van der Waals surface area contributed by atoms with Gasteiger partial charge in [0.15, 0.2) is 0 Å². The predicted octanol–water partition coefficient (Wildman–Crippen LogP) is 2.37. The van der Waals surface area contributed by atoms with Gasteiger partial charge in [-0.05, 0) is 37.1 Å². The minimum absolute atomic E-state index is 0.151. The molecule has 8 nitrogen and oxygen atoms in total. The van der Waals surface area contributed by atoms with E-state index < -0.39 is 0 Å². The fourth-order valence-corrected chi connectivity index (χ4v) is 3.46. The van der Waals surface area contributed by atoms with E-state index in [1.807, 2.05) is 12.1 Å². The van der Waals surface area contributed by atoms with Crippen molar-refractivity contribution in [3.63, 3.8) is 0 Å². The monoisotopic (exact) mass is 393 g/mol. The molecule has 0 atom stereocenters. The van der Waals surface area contributed by atoms with E-state index >= 15 is 0 Å². The van der Waals surface area contributed by atoms with Gasteiger partial charge in [0.1, 0.15) is 5.76 Å². The molecule has 0 aromatic carbocycles. The smallest absolute Gasteiger partial charge is 0.258 e. The van der Waals surface area contributed by atoms with Gasteiger partial charge in [0.2, 0.25) is 5.95 Å². The number of hydrogen-bond donors (Lipinski definition) is 1. The minimum Gasteiger partial charge on any atom is -0.467 e. The lowest BCUT2D eigenvalue weighted by atomic mass is 10.1. The molecule has 4 rings (SSSR count). The molecule has 0 bridgehead atoms. The van der Waals surface area contributed by atoms with Gasteiger partial charge in [-0.15, -0.1) is 0 Å². The van der Waals surface area contributed by atoms with Crippen LogP contribution in [-0.2, 0) is 6.54 Å². The van der Waals surface area contributed by atoms with Crippen LogP contribution in [0.5, 0.6) is 0 Å². The van der Waals surface area contributed by atoms with Crippen LogP contribution in [0.3, 0.4) is 0 Å². The zero-order valence-electron chi connectivity index (χ0n) is 16.1. The number of carbonyl (C=O) groups excluding carboxylic acids is 1. The van der Waals surface area contributed by atoms with Gasteiger partial charge in [0, 0.05) is 43.8 Å². The van der Waals surface area contributed by atoms with Crippen LogP contribution in [0.4, 0.5) is 5.95 Å². The Hall–Kier alpha value is -3.26. The Morgan fingerprint density at radius 3 is 2.76 bits per heavy atom. The summed E-state index contributed by atoms with van der Waals surface area (Å²) in [5, 5.41) is 9.46. The average Bonchev–Trinajstić information content (AvgIpc) is 3.48. The molecule has 3 aromatic heterocycles. The summed E-state index contributed by atoms with van der Waals surface area (Å²) in [7, 11) is 0. The predicted molar refractivity (Wildman–Crippen MR) is 107 cm³/mol. The maximum Gasteiger partial charge on any atom is 0.258 e. The van der Waals surface area contributed by atoms with Crippen LogP contribution in [-0.4, -0.2) is 57.1 Å². The van der Waals surface area contributed by atoms with Crippen molar-refractivity contribution < 1.29 is 14.3 Å². The molecule has 29 heavy (non-hydrogen) atoms. The zero-order valence-corrected chi connectivity index (χ0v) is 16.1. The van der Waals surface area contributed by atoms with E-state index in [9.17, 15) is 9.90 Å². The Morgan fingerprint density at radius 2 is 2.07 bits per heavy atom. The second-order valence-electron chi connectivity index (χ2n) is 6.90. The minimum atomic E-state index is -0.262. The summed E-state index contributed by atoms with van der Waals surface area (Å²) in [6, 6.07) is 7.26. The number of aliphatic hydroxyl groups is 1. The second kappa shape index (κ2) is 8.83. The number of anilines is 1. The number of furan rings is 1. The Bertz CT molecular complexity index is 940. The highest BCUT2D eigenvalue weighted by molar-refractivity contribution is 5.99. The third kappa shape index (κ3) is 4.27. The lowest BCUT2D eigenvalue weighted by Gasteiger charge is -2.23. The number of pyridine rings is 1. The molecule has 0 unspecified atom stereocenters. The van der Waals surface area contributed by atoms with E-state index in [1.165, 1.54) is 4.90 Å². The molecule has 4 heterocycles. The van der Waals surface area contributed by atoms with Crippen LogP contribution >= 0.6 is 0 Å². The number of nitrogens with zero attached hydrogens (tertiary/aromatic N) is 5. The van der Waals surface area contributed by atoms with E-state index in [1.54, 1.807) is 37.0 Å². The molecular formula is C21H23N5O3. The number of aromatic nitrogens is 3. The van der Waals surface area contributed by atoms with Gasteiger partial charge in [0.25, 0.3) is 5.91 Å².